The van der Waals surface area contributed by atoms with Crippen molar-refractivity contribution >= 4 is 39.0 Å². The Labute approximate surface area is 199 Å². The van der Waals surface area contributed by atoms with E-state index >= 15 is 0 Å². The summed E-state index contributed by atoms with van der Waals surface area (Å²) in [5.41, 5.74) is 4.43. The number of phenols is 1. The second-order valence-corrected chi connectivity index (χ2v) is 9.96. The first kappa shape index (κ1) is 25.2. The number of anilines is 1. The van der Waals surface area contributed by atoms with Gasteiger partial charge in [-0.15, -0.1) is 12.4 Å². The summed E-state index contributed by atoms with van der Waals surface area (Å²) >= 11 is 0. The van der Waals surface area contributed by atoms with Crippen molar-refractivity contribution in [1.82, 2.24) is 10.3 Å². The van der Waals surface area contributed by atoms with Crippen LogP contribution in [0.4, 0.5) is 5.69 Å². The van der Waals surface area contributed by atoms with Crippen LogP contribution < -0.4 is 14.8 Å². The number of fused-ring (bicyclic) bond motifs is 3. The average molecular weight is 496 g/mol. The van der Waals surface area contributed by atoms with E-state index in [4.69, 9.17) is 4.74 Å². The lowest BCUT2D eigenvalue weighted by atomic mass is 9.96. The fourth-order valence-electron chi connectivity index (χ4n) is 4.12. The van der Waals surface area contributed by atoms with Gasteiger partial charge in [0.2, 0.25) is 10.0 Å². The summed E-state index contributed by atoms with van der Waals surface area (Å²) in [5, 5.41) is 24.6. The van der Waals surface area contributed by atoms with Crippen molar-refractivity contribution in [3.63, 3.8) is 0 Å². The third-order valence-corrected chi connectivity index (χ3v) is 6.25. The Hall–Kier alpha value is -2.46. The van der Waals surface area contributed by atoms with Crippen LogP contribution in [0.1, 0.15) is 35.8 Å². The number of aryl methyl sites for hydroxylation is 2. The van der Waals surface area contributed by atoms with Gasteiger partial charge in [-0.1, -0.05) is 6.07 Å². The molecule has 180 valence electrons. The number of rotatable bonds is 9. The lowest BCUT2D eigenvalue weighted by Crippen LogP contribution is -2.26. The summed E-state index contributed by atoms with van der Waals surface area (Å²) in [6, 6.07) is 10.5. The van der Waals surface area contributed by atoms with Crippen LogP contribution >= 0.6 is 12.4 Å². The van der Waals surface area contributed by atoms with Gasteiger partial charge in [-0.2, -0.15) is 0 Å². The Morgan fingerprint density at radius 3 is 2.73 bits per heavy atom. The molecule has 33 heavy (non-hydrogen) atoms. The van der Waals surface area contributed by atoms with Crippen molar-refractivity contribution in [3.05, 3.63) is 53.2 Å². The third kappa shape index (κ3) is 6.32. The number of halogens is 1. The molecule has 1 aliphatic carbocycles. The van der Waals surface area contributed by atoms with Crippen molar-refractivity contribution in [1.29, 1.82) is 0 Å². The highest BCUT2D eigenvalue weighted by Gasteiger charge is 2.16. The monoisotopic (exact) mass is 495 g/mol. The zero-order valence-corrected chi connectivity index (χ0v) is 20.1. The molecule has 10 heteroatoms. The summed E-state index contributed by atoms with van der Waals surface area (Å²) in [5.74, 6) is 0.598. The van der Waals surface area contributed by atoms with Gasteiger partial charge < -0.3 is 25.3 Å². The number of phenolic OH excluding ortho intramolecular Hbond substituents is 1. The summed E-state index contributed by atoms with van der Waals surface area (Å²) in [4.78, 5) is 3.52. The highest BCUT2D eigenvalue weighted by Crippen LogP contribution is 2.31. The molecule has 1 heterocycles. The number of ether oxygens (including phenoxy) is 1. The molecule has 1 aliphatic rings. The molecule has 0 aliphatic heterocycles. The van der Waals surface area contributed by atoms with Crippen LogP contribution in [0.2, 0.25) is 0 Å². The molecular formula is C23H30ClN3O5S. The zero-order chi connectivity index (χ0) is 22.7. The highest BCUT2D eigenvalue weighted by molar-refractivity contribution is 7.92. The predicted molar refractivity (Wildman–Crippen MR) is 132 cm³/mol. The number of sulfonamides is 1. The Kier molecular flexibility index (Phi) is 8.12. The summed E-state index contributed by atoms with van der Waals surface area (Å²) in [6.07, 6.45) is 4.86. The number of aromatic nitrogens is 1. The molecule has 0 bridgehead atoms. The van der Waals surface area contributed by atoms with Gasteiger partial charge in [-0.25, -0.2) is 8.42 Å². The topological polar surface area (TPSA) is 124 Å². The minimum absolute atomic E-state index is 0. The Morgan fingerprint density at radius 1 is 1.15 bits per heavy atom. The van der Waals surface area contributed by atoms with Gasteiger partial charge in [0, 0.05) is 35.8 Å². The molecule has 8 nitrogen and oxygen atoms in total. The van der Waals surface area contributed by atoms with Crippen molar-refractivity contribution in [2.75, 3.05) is 30.7 Å². The van der Waals surface area contributed by atoms with E-state index in [0.717, 1.165) is 30.4 Å². The molecular weight excluding hydrogens is 466 g/mol. The maximum absolute atomic E-state index is 11.4. The molecule has 0 saturated heterocycles. The molecule has 4 rings (SSSR count). The van der Waals surface area contributed by atoms with E-state index in [-0.39, 0.29) is 30.4 Å². The van der Waals surface area contributed by atoms with Crippen LogP contribution in [0.15, 0.2) is 36.4 Å². The molecule has 3 aromatic rings. The zero-order valence-electron chi connectivity index (χ0n) is 18.4. The van der Waals surface area contributed by atoms with Gasteiger partial charge in [-0.3, -0.25) is 4.72 Å². The Balaban J connectivity index is 0.00000306. The molecule has 0 spiro atoms. The van der Waals surface area contributed by atoms with E-state index in [1.54, 1.807) is 6.07 Å². The van der Waals surface area contributed by atoms with E-state index < -0.39 is 16.1 Å². The summed E-state index contributed by atoms with van der Waals surface area (Å²) in [6.45, 7) is 1.23. The number of hydrogen-bond acceptors (Lipinski definition) is 6. The number of H-pyrrole nitrogens is 1. The van der Waals surface area contributed by atoms with Crippen molar-refractivity contribution in [2.24, 2.45) is 0 Å². The van der Waals surface area contributed by atoms with Gasteiger partial charge >= 0.3 is 0 Å². The van der Waals surface area contributed by atoms with E-state index in [1.165, 1.54) is 41.6 Å². The number of nitrogens with one attached hydrogen (secondary N) is 3. The highest BCUT2D eigenvalue weighted by atomic mass is 35.5. The van der Waals surface area contributed by atoms with Crippen molar-refractivity contribution in [3.8, 4) is 11.5 Å². The van der Waals surface area contributed by atoms with Crippen LogP contribution in [0.25, 0.3) is 10.9 Å². The lowest BCUT2D eigenvalue weighted by Gasteiger charge is -2.15. The molecule has 0 saturated carbocycles. The molecule has 0 fully saturated rings. The van der Waals surface area contributed by atoms with Crippen molar-refractivity contribution in [2.45, 2.75) is 31.8 Å². The molecule has 0 radical (unpaired) electrons. The SMILES string of the molecule is CS(=O)(=O)Nc1cc([C@@H](O)CNCCOc2ccc3c4c([nH]c3c2)CCCC4)ccc1O.Cl. The molecule has 1 atom stereocenters. The van der Waals surface area contributed by atoms with E-state index in [9.17, 15) is 18.6 Å². The van der Waals surface area contributed by atoms with Gasteiger partial charge in [0.1, 0.15) is 18.1 Å². The minimum Gasteiger partial charge on any atom is -0.506 e. The molecule has 0 amide bonds. The largest absolute Gasteiger partial charge is 0.506 e. The van der Waals surface area contributed by atoms with Gasteiger partial charge in [0.15, 0.2) is 0 Å². The van der Waals surface area contributed by atoms with Crippen LogP contribution in [-0.4, -0.2) is 49.6 Å². The normalized spacial score (nSPS) is 14.4. The fourth-order valence-corrected chi connectivity index (χ4v) is 4.69. The quantitative estimate of drug-likeness (QED) is 0.229. The lowest BCUT2D eigenvalue weighted by molar-refractivity contribution is 0.172. The second-order valence-electron chi connectivity index (χ2n) is 8.22. The molecule has 5 N–H and O–H groups in total. The maximum Gasteiger partial charge on any atom is 0.229 e. The predicted octanol–water partition coefficient (Wildman–Crippen LogP) is 3.25. The molecule has 2 aromatic carbocycles. The van der Waals surface area contributed by atoms with Crippen LogP contribution in [0.5, 0.6) is 11.5 Å². The minimum atomic E-state index is -3.53. The summed E-state index contributed by atoms with van der Waals surface area (Å²) in [7, 11) is -3.53. The van der Waals surface area contributed by atoms with Crippen LogP contribution in [-0.2, 0) is 22.9 Å². The first-order chi connectivity index (χ1) is 15.3. The number of aliphatic hydroxyl groups is 1. The number of aromatic amines is 1. The van der Waals surface area contributed by atoms with Crippen LogP contribution in [0, 0.1) is 0 Å². The van der Waals surface area contributed by atoms with Gasteiger partial charge in [-0.05, 0) is 61.1 Å². The third-order valence-electron chi connectivity index (χ3n) is 5.66. The smallest absolute Gasteiger partial charge is 0.229 e. The average Bonchev–Trinajstić information content (AvgIpc) is 3.11. The number of aliphatic hydroxyl groups excluding tert-OH is 1. The molecule has 0 unspecified atom stereocenters. The number of aromatic hydroxyl groups is 1. The first-order valence-corrected chi connectivity index (χ1v) is 12.6. The maximum atomic E-state index is 11.4. The van der Waals surface area contributed by atoms with Crippen LogP contribution in [0.3, 0.4) is 0 Å². The fraction of sp³-hybridized carbons (Fsp3) is 0.391. The summed E-state index contributed by atoms with van der Waals surface area (Å²) < 4.78 is 30.9. The van der Waals surface area contributed by atoms with Gasteiger partial charge in [0.05, 0.1) is 18.0 Å². The van der Waals surface area contributed by atoms with E-state index in [2.05, 4.69) is 21.1 Å². The van der Waals surface area contributed by atoms with Crippen molar-refractivity contribution < 1.29 is 23.4 Å². The Bertz CT molecular complexity index is 1210. The number of benzene rings is 2. The molecule has 1 aromatic heterocycles. The second kappa shape index (κ2) is 10.6. The standard InChI is InChI=1S/C23H29N3O5S.ClH/c1-32(29,30)26-21-12-15(6-9-22(21)27)23(28)14-24-10-11-31-16-7-8-18-17-4-2-3-5-19(17)25-20(18)13-16;/h6-9,12-13,23-28H,2-5,10-11,14H2,1H3;1H/t23-;/m0./s1. The van der Waals surface area contributed by atoms with E-state index in [1.807, 2.05) is 12.1 Å². The first-order valence-electron chi connectivity index (χ1n) is 10.8. The number of hydrogen-bond donors (Lipinski definition) is 5. The van der Waals surface area contributed by atoms with E-state index in [0.29, 0.717) is 18.7 Å². The Morgan fingerprint density at radius 2 is 1.94 bits per heavy atom. The van der Waals surface area contributed by atoms with Gasteiger partial charge in [0.25, 0.3) is 0 Å².